The number of carbonyl (C=O) groups is 1. The number of amides is 2. The molecule has 5 nitrogen and oxygen atoms in total. The number of rotatable bonds is 7. The van der Waals surface area contributed by atoms with E-state index in [0.29, 0.717) is 12.0 Å². The standard InChI is InChI=1S/C14H19F3N2O3/c1-10(5-6-20)19-13(21)18-8-11-3-2-4-12(7-11)22-9-14(15,16)17/h2-4,7,10,20H,5-6,8-9H2,1H3,(H2,18,19,21)/t10-/m1/s1. The Morgan fingerprint density at radius 2 is 2.14 bits per heavy atom. The van der Waals surface area contributed by atoms with Gasteiger partial charge in [0.15, 0.2) is 6.61 Å². The van der Waals surface area contributed by atoms with E-state index in [1.54, 1.807) is 19.1 Å². The molecule has 1 aromatic carbocycles. The molecule has 0 aliphatic heterocycles. The van der Waals surface area contributed by atoms with E-state index in [-0.39, 0.29) is 24.9 Å². The second kappa shape index (κ2) is 8.47. The predicted octanol–water partition coefficient (Wildman–Crippen LogP) is 2.20. The Morgan fingerprint density at radius 1 is 1.41 bits per heavy atom. The zero-order valence-electron chi connectivity index (χ0n) is 12.1. The fourth-order valence-electron chi connectivity index (χ4n) is 1.63. The average Bonchev–Trinajstić information content (AvgIpc) is 2.43. The summed E-state index contributed by atoms with van der Waals surface area (Å²) in [6.45, 7) is 0.519. The highest BCUT2D eigenvalue weighted by Crippen LogP contribution is 2.19. The van der Waals surface area contributed by atoms with Crippen LogP contribution in [0.1, 0.15) is 18.9 Å². The molecule has 8 heteroatoms. The molecule has 1 rings (SSSR count). The molecule has 0 aliphatic rings. The van der Waals surface area contributed by atoms with Gasteiger partial charge in [-0.3, -0.25) is 0 Å². The third kappa shape index (κ3) is 7.72. The second-order valence-corrected chi connectivity index (χ2v) is 4.79. The number of alkyl halides is 3. The minimum atomic E-state index is -4.39. The van der Waals surface area contributed by atoms with Crippen molar-refractivity contribution in [3.05, 3.63) is 29.8 Å². The number of carbonyl (C=O) groups excluding carboxylic acids is 1. The lowest BCUT2D eigenvalue weighted by molar-refractivity contribution is -0.153. The van der Waals surface area contributed by atoms with E-state index in [4.69, 9.17) is 5.11 Å². The van der Waals surface area contributed by atoms with Crippen LogP contribution in [-0.2, 0) is 6.54 Å². The van der Waals surface area contributed by atoms with E-state index in [1.165, 1.54) is 12.1 Å². The minimum Gasteiger partial charge on any atom is -0.484 e. The Hall–Kier alpha value is -1.96. The average molecular weight is 320 g/mol. The van der Waals surface area contributed by atoms with Gasteiger partial charge in [-0.25, -0.2) is 4.79 Å². The highest BCUT2D eigenvalue weighted by atomic mass is 19.4. The van der Waals surface area contributed by atoms with Crippen LogP contribution < -0.4 is 15.4 Å². The van der Waals surface area contributed by atoms with Crippen LogP contribution in [0.2, 0.25) is 0 Å². The maximum atomic E-state index is 12.1. The highest BCUT2D eigenvalue weighted by molar-refractivity contribution is 5.74. The summed E-state index contributed by atoms with van der Waals surface area (Å²) in [6.07, 6.45) is -3.95. The van der Waals surface area contributed by atoms with Gasteiger partial charge < -0.3 is 20.5 Å². The molecule has 0 aromatic heterocycles. The number of aliphatic hydroxyl groups is 1. The molecule has 0 saturated carbocycles. The van der Waals surface area contributed by atoms with E-state index in [2.05, 4.69) is 15.4 Å². The monoisotopic (exact) mass is 320 g/mol. The molecule has 1 aromatic rings. The van der Waals surface area contributed by atoms with Crippen LogP contribution in [0.3, 0.4) is 0 Å². The third-order valence-corrected chi connectivity index (χ3v) is 2.69. The fourth-order valence-corrected chi connectivity index (χ4v) is 1.63. The first kappa shape index (κ1) is 18.1. The van der Waals surface area contributed by atoms with Crippen LogP contribution in [0.15, 0.2) is 24.3 Å². The molecule has 2 amide bonds. The van der Waals surface area contributed by atoms with Crippen molar-refractivity contribution in [1.29, 1.82) is 0 Å². The van der Waals surface area contributed by atoms with Gasteiger partial charge in [-0.1, -0.05) is 12.1 Å². The van der Waals surface area contributed by atoms with E-state index < -0.39 is 18.8 Å². The quantitative estimate of drug-likeness (QED) is 0.721. The van der Waals surface area contributed by atoms with E-state index in [9.17, 15) is 18.0 Å². The molecule has 124 valence electrons. The summed E-state index contributed by atoms with van der Waals surface area (Å²) >= 11 is 0. The third-order valence-electron chi connectivity index (χ3n) is 2.69. The SMILES string of the molecule is C[C@H](CCO)NC(=O)NCc1cccc(OCC(F)(F)F)c1. The van der Waals surface area contributed by atoms with Crippen molar-refractivity contribution < 1.29 is 27.8 Å². The first-order valence-corrected chi connectivity index (χ1v) is 6.74. The molecule has 0 unspecified atom stereocenters. The van der Waals surface area contributed by atoms with Gasteiger partial charge in [0, 0.05) is 19.2 Å². The predicted molar refractivity (Wildman–Crippen MR) is 74.5 cm³/mol. The summed E-state index contributed by atoms with van der Waals surface area (Å²) in [5.74, 6) is 0.0886. The number of hydrogen-bond acceptors (Lipinski definition) is 3. The minimum absolute atomic E-state index is 0.0277. The Labute approximate surface area is 126 Å². The van der Waals surface area contributed by atoms with E-state index >= 15 is 0 Å². The van der Waals surface area contributed by atoms with Crippen LogP contribution in [0.4, 0.5) is 18.0 Å². The molecule has 0 spiro atoms. The molecule has 22 heavy (non-hydrogen) atoms. The molecule has 0 radical (unpaired) electrons. The van der Waals surface area contributed by atoms with Crippen LogP contribution in [0, 0.1) is 0 Å². The van der Waals surface area contributed by atoms with Crippen molar-refractivity contribution in [2.24, 2.45) is 0 Å². The summed E-state index contributed by atoms with van der Waals surface area (Å²) < 4.78 is 40.8. The lowest BCUT2D eigenvalue weighted by atomic mass is 10.2. The molecule has 0 heterocycles. The van der Waals surface area contributed by atoms with Crippen molar-refractivity contribution in [3.8, 4) is 5.75 Å². The molecule has 0 saturated heterocycles. The van der Waals surface area contributed by atoms with Crippen molar-refractivity contribution in [2.45, 2.75) is 32.1 Å². The Balaban J connectivity index is 2.44. The normalized spacial score (nSPS) is 12.6. The van der Waals surface area contributed by atoms with Crippen molar-refractivity contribution in [2.75, 3.05) is 13.2 Å². The number of hydrogen-bond donors (Lipinski definition) is 3. The molecule has 0 aliphatic carbocycles. The molecular weight excluding hydrogens is 301 g/mol. The van der Waals surface area contributed by atoms with Crippen LogP contribution in [0.25, 0.3) is 0 Å². The zero-order chi connectivity index (χ0) is 16.6. The van der Waals surface area contributed by atoms with Gasteiger partial charge in [-0.2, -0.15) is 13.2 Å². The molecule has 3 N–H and O–H groups in total. The van der Waals surface area contributed by atoms with Gasteiger partial charge in [0.25, 0.3) is 0 Å². The Kier molecular flexibility index (Phi) is 6.97. The summed E-state index contributed by atoms with van der Waals surface area (Å²) in [4.78, 5) is 11.6. The number of halogens is 3. The number of nitrogens with one attached hydrogen (secondary N) is 2. The van der Waals surface area contributed by atoms with Gasteiger partial charge in [-0.05, 0) is 31.0 Å². The topological polar surface area (TPSA) is 70.6 Å². The van der Waals surface area contributed by atoms with Crippen molar-refractivity contribution >= 4 is 6.03 Å². The highest BCUT2D eigenvalue weighted by Gasteiger charge is 2.28. The van der Waals surface area contributed by atoms with Crippen LogP contribution in [-0.4, -0.2) is 36.6 Å². The lowest BCUT2D eigenvalue weighted by Crippen LogP contribution is -2.40. The fraction of sp³-hybridized carbons (Fsp3) is 0.500. The Bertz CT molecular complexity index is 481. The number of benzene rings is 1. The van der Waals surface area contributed by atoms with Gasteiger partial charge in [0.2, 0.25) is 0 Å². The van der Waals surface area contributed by atoms with Crippen LogP contribution in [0.5, 0.6) is 5.75 Å². The maximum Gasteiger partial charge on any atom is 0.422 e. The van der Waals surface area contributed by atoms with E-state index in [1.807, 2.05) is 0 Å². The molecule has 0 bridgehead atoms. The van der Waals surface area contributed by atoms with Gasteiger partial charge in [0.1, 0.15) is 5.75 Å². The summed E-state index contributed by atoms with van der Waals surface area (Å²) in [6, 6.07) is 5.48. The summed E-state index contributed by atoms with van der Waals surface area (Å²) in [5.41, 5.74) is 0.615. The van der Waals surface area contributed by atoms with Crippen molar-refractivity contribution in [3.63, 3.8) is 0 Å². The first-order chi connectivity index (χ1) is 10.3. The van der Waals surface area contributed by atoms with Crippen LogP contribution >= 0.6 is 0 Å². The lowest BCUT2D eigenvalue weighted by Gasteiger charge is -2.14. The number of aliphatic hydroxyl groups excluding tert-OH is 1. The van der Waals surface area contributed by atoms with Gasteiger partial charge in [-0.15, -0.1) is 0 Å². The largest absolute Gasteiger partial charge is 0.484 e. The number of urea groups is 1. The molecular formula is C14H19F3N2O3. The molecule has 1 atom stereocenters. The van der Waals surface area contributed by atoms with Gasteiger partial charge in [0.05, 0.1) is 0 Å². The second-order valence-electron chi connectivity index (χ2n) is 4.79. The molecule has 0 fully saturated rings. The van der Waals surface area contributed by atoms with E-state index in [0.717, 1.165) is 0 Å². The zero-order valence-corrected chi connectivity index (χ0v) is 12.1. The van der Waals surface area contributed by atoms with Crippen molar-refractivity contribution in [1.82, 2.24) is 10.6 Å². The van der Waals surface area contributed by atoms with Gasteiger partial charge >= 0.3 is 12.2 Å². The smallest absolute Gasteiger partial charge is 0.422 e. The maximum absolute atomic E-state index is 12.1. The Morgan fingerprint density at radius 3 is 2.77 bits per heavy atom. The first-order valence-electron chi connectivity index (χ1n) is 6.74. The number of ether oxygens (including phenoxy) is 1. The summed E-state index contributed by atoms with van der Waals surface area (Å²) in [7, 11) is 0. The summed E-state index contributed by atoms with van der Waals surface area (Å²) in [5, 5.41) is 13.9.